The molecule has 0 bridgehead atoms. The van der Waals surface area contributed by atoms with Crippen LogP contribution in [0.15, 0.2) is 12.1 Å². The van der Waals surface area contributed by atoms with E-state index >= 15 is 0 Å². The second-order valence-electron chi connectivity index (χ2n) is 3.07. The highest BCUT2D eigenvalue weighted by molar-refractivity contribution is 5.73. The summed E-state index contributed by atoms with van der Waals surface area (Å²) in [5, 5.41) is 2.42. The van der Waals surface area contributed by atoms with Crippen molar-refractivity contribution in [2.75, 3.05) is 12.3 Å². The maximum absolute atomic E-state index is 13.1. The van der Waals surface area contributed by atoms with Gasteiger partial charge in [0.2, 0.25) is 5.91 Å². The number of carbonyl (C=O) groups excluding carboxylic acids is 1. The van der Waals surface area contributed by atoms with E-state index in [1.165, 1.54) is 6.92 Å². The molecular formula is C11H10F2N2O. The number of nitrogen functional groups attached to an aromatic ring is 1. The summed E-state index contributed by atoms with van der Waals surface area (Å²) < 4.78 is 25.9. The zero-order valence-electron chi connectivity index (χ0n) is 8.60. The van der Waals surface area contributed by atoms with E-state index in [4.69, 9.17) is 5.73 Å². The normalized spacial score (nSPS) is 9.19. The fourth-order valence-electron chi connectivity index (χ4n) is 0.970. The number of benzene rings is 1. The molecule has 0 saturated carbocycles. The van der Waals surface area contributed by atoms with Gasteiger partial charge in [0.25, 0.3) is 0 Å². The van der Waals surface area contributed by atoms with Crippen molar-refractivity contribution in [3.8, 4) is 11.8 Å². The van der Waals surface area contributed by atoms with Crippen molar-refractivity contribution in [3.05, 3.63) is 29.3 Å². The van der Waals surface area contributed by atoms with Crippen LogP contribution >= 0.6 is 0 Å². The Balaban J connectivity index is 2.81. The zero-order valence-corrected chi connectivity index (χ0v) is 8.60. The van der Waals surface area contributed by atoms with Crippen molar-refractivity contribution in [2.24, 2.45) is 0 Å². The minimum atomic E-state index is -0.815. The number of nitrogens with one attached hydrogen (secondary N) is 1. The highest BCUT2D eigenvalue weighted by Crippen LogP contribution is 2.15. The first-order valence-electron chi connectivity index (χ1n) is 4.48. The number of anilines is 1. The Kier molecular flexibility index (Phi) is 3.84. The van der Waals surface area contributed by atoms with Gasteiger partial charge in [0.1, 0.15) is 11.6 Å². The van der Waals surface area contributed by atoms with Crippen LogP contribution in [0.5, 0.6) is 0 Å². The van der Waals surface area contributed by atoms with E-state index < -0.39 is 11.6 Å². The van der Waals surface area contributed by atoms with Gasteiger partial charge in [-0.05, 0) is 6.07 Å². The van der Waals surface area contributed by atoms with Crippen LogP contribution in [0.1, 0.15) is 12.5 Å². The van der Waals surface area contributed by atoms with Crippen LogP contribution in [-0.2, 0) is 4.79 Å². The predicted molar refractivity (Wildman–Crippen MR) is 56.3 cm³/mol. The molecule has 0 aliphatic carbocycles. The Morgan fingerprint density at radius 1 is 1.44 bits per heavy atom. The third kappa shape index (κ3) is 3.24. The molecule has 84 valence electrons. The van der Waals surface area contributed by atoms with Gasteiger partial charge in [-0.1, -0.05) is 11.8 Å². The van der Waals surface area contributed by atoms with Crippen molar-refractivity contribution in [1.29, 1.82) is 0 Å². The second kappa shape index (κ2) is 5.12. The summed E-state index contributed by atoms with van der Waals surface area (Å²) in [6.45, 7) is 1.45. The third-order valence-electron chi connectivity index (χ3n) is 1.74. The maximum Gasteiger partial charge on any atom is 0.217 e. The first-order valence-corrected chi connectivity index (χ1v) is 4.48. The molecule has 0 radical (unpaired) electrons. The number of hydrogen-bond donors (Lipinski definition) is 2. The van der Waals surface area contributed by atoms with E-state index in [-0.39, 0.29) is 23.7 Å². The molecule has 0 saturated heterocycles. The molecule has 0 fully saturated rings. The summed E-state index contributed by atoms with van der Waals surface area (Å²) in [6.07, 6.45) is 0. The van der Waals surface area contributed by atoms with Crippen LogP contribution in [0.2, 0.25) is 0 Å². The molecule has 0 atom stereocenters. The Bertz CT molecular complexity index is 475. The van der Waals surface area contributed by atoms with Gasteiger partial charge in [0.15, 0.2) is 0 Å². The molecule has 0 aromatic heterocycles. The van der Waals surface area contributed by atoms with Crippen molar-refractivity contribution < 1.29 is 13.6 Å². The molecular weight excluding hydrogens is 214 g/mol. The molecule has 1 aromatic rings. The minimum absolute atomic E-state index is 0.00394. The summed E-state index contributed by atoms with van der Waals surface area (Å²) in [5.74, 6) is 3.15. The van der Waals surface area contributed by atoms with E-state index in [1.807, 2.05) is 0 Å². The van der Waals surface area contributed by atoms with Crippen molar-refractivity contribution >= 4 is 11.6 Å². The first kappa shape index (κ1) is 12.0. The quantitative estimate of drug-likeness (QED) is 0.553. The summed E-state index contributed by atoms with van der Waals surface area (Å²) in [6, 6.07) is 1.79. The topological polar surface area (TPSA) is 55.1 Å². The van der Waals surface area contributed by atoms with Crippen LogP contribution < -0.4 is 11.1 Å². The van der Waals surface area contributed by atoms with Gasteiger partial charge in [-0.15, -0.1) is 0 Å². The molecule has 5 heteroatoms. The lowest BCUT2D eigenvalue weighted by Crippen LogP contribution is -2.19. The molecule has 3 nitrogen and oxygen atoms in total. The van der Waals surface area contributed by atoms with Crippen molar-refractivity contribution in [2.45, 2.75) is 6.92 Å². The average molecular weight is 224 g/mol. The van der Waals surface area contributed by atoms with E-state index in [1.54, 1.807) is 0 Å². The number of halogens is 2. The molecule has 0 spiro atoms. The molecule has 0 heterocycles. The lowest BCUT2D eigenvalue weighted by molar-refractivity contribution is -0.118. The summed E-state index contributed by atoms with van der Waals surface area (Å²) in [5.41, 5.74) is 5.10. The SMILES string of the molecule is CC(=O)NCC#Cc1cc(N)c(F)cc1F. The Labute approximate surface area is 91.6 Å². The van der Waals surface area contributed by atoms with Gasteiger partial charge >= 0.3 is 0 Å². The van der Waals surface area contributed by atoms with Crippen LogP contribution in [-0.4, -0.2) is 12.5 Å². The molecule has 3 N–H and O–H groups in total. The van der Waals surface area contributed by atoms with Crippen molar-refractivity contribution in [3.63, 3.8) is 0 Å². The van der Waals surface area contributed by atoms with Gasteiger partial charge in [0, 0.05) is 13.0 Å². The largest absolute Gasteiger partial charge is 0.396 e. The van der Waals surface area contributed by atoms with Gasteiger partial charge in [0.05, 0.1) is 17.8 Å². The maximum atomic E-state index is 13.1. The smallest absolute Gasteiger partial charge is 0.217 e. The number of amides is 1. The Morgan fingerprint density at radius 3 is 2.75 bits per heavy atom. The fraction of sp³-hybridized carbons (Fsp3) is 0.182. The molecule has 1 rings (SSSR count). The second-order valence-corrected chi connectivity index (χ2v) is 3.07. The van der Waals surface area contributed by atoms with Crippen LogP contribution in [0.3, 0.4) is 0 Å². The number of hydrogen-bond acceptors (Lipinski definition) is 2. The molecule has 0 aliphatic rings. The Hall–Kier alpha value is -2.09. The third-order valence-corrected chi connectivity index (χ3v) is 1.74. The van der Waals surface area contributed by atoms with Gasteiger partial charge in [-0.25, -0.2) is 8.78 Å². The molecule has 0 aliphatic heterocycles. The fourth-order valence-corrected chi connectivity index (χ4v) is 0.970. The minimum Gasteiger partial charge on any atom is -0.396 e. The van der Waals surface area contributed by atoms with Crippen LogP contribution in [0.25, 0.3) is 0 Å². The lowest BCUT2D eigenvalue weighted by atomic mass is 10.2. The lowest BCUT2D eigenvalue weighted by Gasteiger charge is -1.98. The van der Waals surface area contributed by atoms with Crippen LogP contribution in [0, 0.1) is 23.5 Å². The summed E-state index contributed by atoms with van der Waals surface area (Å²) >= 11 is 0. The number of nitrogens with two attached hydrogens (primary N) is 1. The highest BCUT2D eigenvalue weighted by Gasteiger charge is 2.05. The van der Waals surface area contributed by atoms with Gasteiger partial charge < -0.3 is 11.1 Å². The average Bonchev–Trinajstić information content (AvgIpc) is 2.19. The molecule has 16 heavy (non-hydrogen) atoms. The Morgan fingerprint density at radius 2 is 2.12 bits per heavy atom. The summed E-state index contributed by atoms with van der Waals surface area (Å²) in [7, 11) is 0. The van der Waals surface area contributed by atoms with Crippen LogP contribution in [0.4, 0.5) is 14.5 Å². The first-order chi connectivity index (χ1) is 7.50. The molecule has 0 unspecified atom stereocenters. The predicted octanol–water partition coefficient (Wildman–Crippen LogP) is 1.03. The monoisotopic (exact) mass is 224 g/mol. The van der Waals surface area contributed by atoms with E-state index in [0.717, 1.165) is 6.07 Å². The number of rotatable bonds is 1. The summed E-state index contributed by atoms with van der Waals surface area (Å²) in [4.78, 5) is 10.5. The standard InChI is InChI=1S/C11H10F2N2O/c1-7(16)15-4-2-3-8-5-11(14)10(13)6-9(8)12/h5-6H,4,14H2,1H3,(H,15,16). The molecule has 1 aromatic carbocycles. The van der Waals surface area contributed by atoms with Gasteiger partial charge in [-0.3, -0.25) is 4.79 Å². The van der Waals surface area contributed by atoms with Crippen molar-refractivity contribution in [1.82, 2.24) is 5.32 Å². The number of carbonyl (C=O) groups is 1. The van der Waals surface area contributed by atoms with E-state index in [0.29, 0.717) is 6.07 Å². The van der Waals surface area contributed by atoms with Gasteiger partial charge in [-0.2, -0.15) is 0 Å². The van der Waals surface area contributed by atoms with E-state index in [2.05, 4.69) is 17.2 Å². The zero-order chi connectivity index (χ0) is 12.1. The highest BCUT2D eigenvalue weighted by atomic mass is 19.1. The molecule has 1 amide bonds. The van der Waals surface area contributed by atoms with E-state index in [9.17, 15) is 13.6 Å².